The Morgan fingerprint density at radius 2 is 2.07 bits per heavy atom. The van der Waals surface area contributed by atoms with Gasteiger partial charge < -0.3 is 15.1 Å². The highest BCUT2D eigenvalue weighted by atomic mass is 127. The lowest BCUT2D eigenvalue weighted by molar-refractivity contribution is 0.0724. The summed E-state index contributed by atoms with van der Waals surface area (Å²) in [6.07, 6.45) is 3.43. The lowest BCUT2D eigenvalue weighted by atomic mass is 10.1. The number of nitrogens with one attached hydrogen (secondary N) is 1. The molecule has 0 spiro atoms. The fourth-order valence-electron chi connectivity index (χ4n) is 3.52. The van der Waals surface area contributed by atoms with Crippen molar-refractivity contribution >= 4 is 47.2 Å². The Morgan fingerprint density at radius 1 is 1.30 bits per heavy atom. The van der Waals surface area contributed by atoms with Crippen LogP contribution in [-0.2, 0) is 13.1 Å². The minimum Gasteiger partial charge on any atom is -0.357 e. The third kappa shape index (κ3) is 6.94. The molecule has 1 saturated heterocycles. The summed E-state index contributed by atoms with van der Waals surface area (Å²) in [4.78, 5) is 26.1. The molecule has 0 unspecified atom stereocenters. The van der Waals surface area contributed by atoms with Crippen molar-refractivity contribution in [3.8, 4) is 0 Å². The standard InChI is InChI=1S/C22H31N5OS.HI/c1-4-23-22(26(3)15-20-16-29-17(2)25-20)24-14-18-9-8-10-19(13-18)21(28)27-11-6-5-7-12-27;/h8-10,13,16H,4-7,11-12,14-15H2,1-3H3,(H,23,24);1H. The topological polar surface area (TPSA) is 60.8 Å². The lowest BCUT2D eigenvalue weighted by Crippen LogP contribution is -2.38. The van der Waals surface area contributed by atoms with Gasteiger partial charge in [0.05, 0.1) is 23.8 Å². The van der Waals surface area contributed by atoms with E-state index in [0.29, 0.717) is 13.1 Å². The fourth-order valence-corrected chi connectivity index (χ4v) is 4.12. The van der Waals surface area contributed by atoms with Gasteiger partial charge in [-0.05, 0) is 50.8 Å². The van der Waals surface area contributed by atoms with E-state index in [1.54, 1.807) is 11.3 Å². The molecule has 0 aliphatic carbocycles. The number of hydrogen-bond acceptors (Lipinski definition) is 4. The highest BCUT2D eigenvalue weighted by molar-refractivity contribution is 14.0. The van der Waals surface area contributed by atoms with Crippen LogP contribution in [0, 0.1) is 6.92 Å². The Hall–Kier alpha value is -1.68. The van der Waals surface area contributed by atoms with E-state index in [9.17, 15) is 4.79 Å². The maximum Gasteiger partial charge on any atom is 0.253 e. The molecule has 30 heavy (non-hydrogen) atoms. The Kier molecular flexibility index (Phi) is 10.0. The lowest BCUT2D eigenvalue weighted by Gasteiger charge is -2.26. The molecule has 8 heteroatoms. The monoisotopic (exact) mass is 541 g/mol. The average molecular weight is 542 g/mol. The molecule has 1 amide bonds. The summed E-state index contributed by atoms with van der Waals surface area (Å²) in [7, 11) is 2.02. The second-order valence-electron chi connectivity index (χ2n) is 7.44. The number of aromatic nitrogens is 1. The summed E-state index contributed by atoms with van der Waals surface area (Å²) in [6, 6.07) is 7.88. The molecule has 1 N–H and O–H groups in total. The molecule has 1 aliphatic rings. The number of piperidine rings is 1. The number of benzene rings is 1. The van der Waals surface area contributed by atoms with Gasteiger partial charge in [-0.3, -0.25) is 4.79 Å². The number of nitrogens with zero attached hydrogens (tertiary/aromatic N) is 4. The smallest absolute Gasteiger partial charge is 0.253 e. The third-order valence-corrected chi connectivity index (χ3v) is 5.81. The number of likely N-dealkylation sites (tertiary alicyclic amines) is 1. The van der Waals surface area contributed by atoms with Gasteiger partial charge in [-0.2, -0.15) is 0 Å². The maximum absolute atomic E-state index is 12.8. The van der Waals surface area contributed by atoms with Crippen molar-refractivity contribution in [1.82, 2.24) is 20.1 Å². The fraction of sp³-hybridized carbons (Fsp3) is 0.500. The number of thiazole rings is 1. The van der Waals surface area contributed by atoms with E-state index in [-0.39, 0.29) is 29.9 Å². The number of carbonyl (C=O) groups excluding carboxylic acids is 1. The van der Waals surface area contributed by atoms with Crippen LogP contribution in [0.25, 0.3) is 0 Å². The van der Waals surface area contributed by atoms with E-state index in [1.807, 2.05) is 43.1 Å². The summed E-state index contributed by atoms with van der Waals surface area (Å²) in [5, 5.41) is 6.51. The van der Waals surface area contributed by atoms with Crippen molar-refractivity contribution in [2.75, 3.05) is 26.7 Å². The van der Waals surface area contributed by atoms with Gasteiger partial charge in [0, 0.05) is 37.6 Å². The molecule has 2 heterocycles. The number of rotatable bonds is 6. The first-order valence-electron chi connectivity index (χ1n) is 10.4. The highest BCUT2D eigenvalue weighted by Gasteiger charge is 2.18. The summed E-state index contributed by atoms with van der Waals surface area (Å²) < 4.78 is 0. The quantitative estimate of drug-likeness (QED) is 0.337. The Bertz CT molecular complexity index is 848. The van der Waals surface area contributed by atoms with Gasteiger partial charge in [0.1, 0.15) is 0 Å². The Labute approximate surface area is 200 Å². The van der Waals surface area contributed by atoms with E-state index in [2.05, 4.69) is 27.5 Å². The number of carbonyl (C=O) groups is 1. The molecule has 1 aromatic carbocycles. The number of guanidine groups is 1. The van der Waals surface area contributed by atoms with Crippen LogP contribution in [0.4, 0.5) is 0 Å². The first-order valence-corrected chi connectivity index (χ1v) is 11.2. The van der Waals surface area contributed by atoms with Crippen LogP contribution >= 0.6 is 35.3 Å². The van der Waals surface area contributed by atoms with Gasteiger partial charge in [-0.25, -0.2) is 9.98 Å². The van der Waals surface area contributed by atoms with Crippen molar-refractivity contribution in [3.05, 3.63) is 51.5 Å². The van der Waals surface area contributed by atoms with Crippen molar-refractivity contribution in [2.45, 2.75) is 46.2 Å². The molecule has 0 atom stereocenters. The number of halogens is 1. The van der Waals surface area contributed by atoms with Crippen molar-refractivity contribution in [2.24, 2.45) is 4.99 Å². The summed E-state index contributed by atoms with van der Waals surface area (Å²) in [5.41, 5.74) is 2.85. The number of aryl methyl sites for hydroxylation is 1. The zero-order valence-electron chi connectivity index (χ0n) is 18.1. The molecule has 0 saturated carbocycles. The van der Waals surface area contributed by atoms with Crippen molar-refractivity contribution in [1.29, 1.82) is 0 Å². The molecule has 6 nitrogen and oxygen atoms in total. The van der Waals surface area contributed by atoms with Gasteiger partial charge in [-0.1, -0.05) is 12.1 Å². The van der Waals surface area contributed by atoms with Crippen LogP contribution in [0.2, 0.25) is 0 Å². The van der Waals surface area contributed by atoms with E-state index < -0.39 is 0 Å². The van der Waals surface area contributed by atoms with Gasteiger partial charge in [-0.15, -0.1) is 35.3 Å². The van der Waals surface area contributed by atoms with Crippen LogP contribution in [0.5, 0.6) is 0 Å². The molecule has 164 valence electrons. The molecule has 1 aliphatic heterocycles. The maximum atomic E-state index is 12.8. The van der Waals surface area contributed by atoms with Crippen molar-refractivity contribution in [3.63, 3.8) is 0 Å². The zero-order chi connectivity index (χ0) is 20.6. The Balaban J connectivity index is 0.00000320. The number of hydrogen-bond donors (Lipinski definition) is 1. The van der Waals surface area contributed by atoms with E-state index >= 15 is 0 Å². The van der Waals surface area contributed by atoms with Gasteiger partial charge in [0.15, 0.2) is 5.96 Å². The first-order chi connectivity index (χ1) is 14.1. The van der Waals surface area contributed by atoms with Crippen LogP contribution in [0.3, 0.4) is 0 Å². The third-order valence-electron chi connectivity index (χ3n) is 4.99. The number of aliphatic imine (C=N–C) groups is 1. The van der Waals surface area contributed by atoms with Crippen LogP contribution < -0.4 is 5.32 Å². The first kappa shape index (κ1) is 24.6. The molecule has 3 rings (SSSR count). The number of amides is 1. The minimum absolute atomic E-state index is 0. The SMILES string of the molecule is CCNC(=NCc1cccc(C(=O)N2CCCCC2)c1)N(C)Cc1csc(C)n1.I. The van der Waals surface area contributed by atoms with Gasteiger partial charge in [0.2, 0.25) is 0 Å². The molecule has 2 aromatic rings. The normalized spacial score (nSPS) is 14.2. The average Bonchev–Trinajstić information content (AvgIpc) is 3.15. The minimum atomic E-state index is 0. The second kappa shape index (κ2) is 12.2. The molecular weight excluding hydrogens is 509 g/mol. The molecule has 0 bridgehead atoms. The largest absolute Gasteiger partial charge is 0.357 e. The molecule has 1 aromatic heterocycles. The second-order valence-corrected chi connectivity index (χ2v) is 8.50. The van der Waals surface area contributed by atoms with E-state index in [1.165, 1.54) is 6.42 Å². The predicted octanol–water partition coefficient (Wildman–Crippen LogP) is 4.29. The van der Waals surface area contributed by atoms with Gasteiger partial charge >= 0.3 is 0 Å². The van der Waals surface area contributed by atoms with Crippen LogP contribution in [0.15, 0.2) is 34.6 Å². The Morgan fingerprint density at radius 3 is 2.73 bits per heavy atom. The van der Waals surface area contributed by atoms with Crippen molar-refractivity contribution < 1.29 is 4.79 Å². The van der Waals surface area contributed by atoms with Crippen LogP contribution in [0.1, 0.15) is 52.8 Å². The summed E-state index contributed by atoms with van der Waals surface area (Å²) in [6.45, 7) is 7.86. The van der Waals surface area contributed by atoms with E-state index in [0.717, 1.165) is 60.3 Å². The molecule has 0 radical (unpaired) electrons. The highest BCUT2D eigenvalue weighted by Crippen LogP contribution is 2.15. The molecular formula is C22H32IN5OS. The van der Waals surface area contributed by atoms with Crippen LogP contribution in [-0.4, -0.2) is 53.3 Å². The summed E-state index contributed by atoms with van der Waals surface area (Å²) in [5.74, 6) is 0.976. The molecule has 1 fully saturated rings. The van der Waals surface area contributed by atoms with Gasteiger partial charge in [0.25, 0.3) is 5.91 Å². The zero-order valence-corrected chi connectivity index (χ0v) is 21.2. The van der Waals surface area contributed by atoms with E-state index in [4.69, 9.17) is 4.99 Å². The predicted molar refractivity (Wildman–Crippen MR) is 135 cm³/mol. The summed E-state index contributed by atoms with van der Waals surface area (Å²) >= 11 is 1.66.